The Morgan fingerprint density at radius 2 is 2.03 bits per heavy atom. The molecule has 168 valence electrons. The number of imidazole rings is 1. The summed E-state index contributed by atoms with van der Waals surface area (Å²) in [5.74, 6) is 0.452. The van der Waals surface area contributed by atoms with Crippen LogP contribution in [0.1, 0.15) is 16.2 Å². The van der Waals surface area contributed by atoms with Crippen molar-refractivity contribution in [2.75, 3.05) is 38.2 Å². The summed E-state index contributed by atoms with van der Waals surface area (Å²) >= 11 is 0. The van der Waals surface area contributed by atoms with E-state index in [0.29, 0.717) is 12.2 Å². The third-order valence-corrected chi connectivity index (χ3v) is 6.51. The van der Waals surface area contributed by atoms with E-state index in [0.717, 1.165) is 43.2 Å². The number of H-pyrrole nitrogens is 1. The number of aromatic nitrogens is 2. The monoisotopic (exact) mass is 455 g/mol. The number of ether oxygens (including phenoxy) is 1. The van der Waals surface area contributed by atoms with Crippen LogP contribution in [0, 0.1) is 0 Å². The van der Waals surface area contributed by atoms with Crippen molar-refractivity contribution < 1.29 is 17.9 Å². The zero-order valence-corrected chi connectivity index (χ0v) is 18.3. The molecule has 1 aliphatic heterocycles. The van der Waals surface area contributed by atoms with Crippen molar-refractivity contribution in [2.45, 2.75) is 11.4 Å². The normalized spacial score (nSPS) is 15.0. The summed E-state index contributed by atoms with van der Waals surface area (Å²) in [4.78, 5) is 22.9. The lowest BCUT2D eigenvalue weighted by molar-refractivity contribution is 0.0332. The minimum atomic E-state index is -3.72. The molecule has 10 heteroatoms. The molecule has 1 aromatic heterocycles. The SMILES string of the molecule is C=CCNS(=O)(=O)c1cccc(C(=O)Nc2ccc3nc(CN4CCOCC4)[nH]c3c2)c1. The zero-order valence-electron chi connectivity index (χ0n) is 17.5. The van der Waals surface area contributed by atoms with Gasteiger partial charge in [-0.15, -0.1) is 6.58 Å². The fourth-order valence-electron chi connectivity index (χ4n) is 3.45. The van der Waals surface area contributed by atoms with Gasteiger partial charge in [0.15, 0.2) is 0 Å². The first-order valence-corrected chi connectivity index (χ1v) is 11.7. The van der Waals surface area contributed by atoms with Gasteiger partial charge in [-0.2, -0.15) is 0 Å². The summed E-state index contributed by atoms with van der Waals surface area (Å²) in [5.41, 5.74) is 2.45. The molecule has 1 aliphatic rings. The third kappa shape index (κ3) is 5.22. The van der Waals surface area contributed by atoms with Crippen LogP contribution in [0.2, 0.25) is 0 Å². The van der Waals surface area contributed by atoms with Gasteiger partial charge in [-0.3, -0.25) is 9.69 Å². The van der Waals surface area contributed by atoms with Crippen LogP contribution in [-0.4, -0.2) is 62.0 Å². The Morgan fingerprint density at radius 1 is 1.22 bits per heavy atom. The molecule has 3 aromatic rings. The van der Waals surface area contributed by atoms with Crippen LogP contribution in [0.25, 0.3) is 11.0 Å². The quantitative estimate of drug-likeness (QED) is 0.448. The van der Waals surface area contributed by atoms with Crippen molar-refractivity contribution in [3.63, 3.8) is 0 Å². The predicted octanol–water partition coefficient (Wildman–Crippen LogP) is 2.11. The van der Waals surface area contributed by atoms with E-state index in [1.54, 1.807) is 12.1 Å². The number of nitrogens with zero attached hydrogens (tertiary/aromatic N) is 2. The van der Waals surface area contributed by atoms with E-state index in [4.69, 9.17) is 4.74 Å². The van der Waals surface area contributed by atoms with Crippen LogP contribution in [0.3, 0.4) is 0 Å². The van der Waals surface area contributed by atoms with Crippen LogP contribution >= 0.6 is 0 Å². The van der Waals surface area contributed by atoms with E-state index in [1.807, 2.05) is 12.1 Å². The van der Waals surface area contributed by atoms with E-state index in [-0.39, 0.29) is 17.0 Å². The Hall–Kier alpha value is -3.05. The number of morpholine rings is 1. The molecule has 0 unspecified atom stereocenters. The molecule has 0 aliphatic carbocycles. The second kappa shape index (κ2) is 9.61. The molecule has 4 rings (SSSR count). The highest BCUT2D eigenvalue weighted by atomic mass is 32.2. The Kier molecular flexibility index (Phi) is 6.66. The molecule has 2 aromatic carbocycles. The molecule has 1 amide bonds. The molecular weight excluding hydrogens is 430 g/mol. The van der Waals surface area contributed by atoms with E-state index in [9.17, 15) is 13.2 Å². The molecule has 0 bridgehead atoms. The number of sulfonamides is 1. The van der Waals surface area contributed by atoms with Crippen LogP contribution in [0.5, 0.6) is 0 Å². The maximum absolute atomic E-state index is 12.7. The molecule has 3 N–H and O–H groups in total. The maximum atomic E-state index is 12.7. The molecule has 1 fully saturated rings. The first-order chi connectivity index (χ1) is 15.4. The third-order valence-electron chi connectivity index (χ3n) is 5.09. The maximum Gasteiger partial charge on any atom is 0.255 e. The number of hydrogen-bond donors (Lipinski definition) is 3. The average Bonchev–Trinajstić information content (AvgIpc) is 3.20. The molecule has 0 spiro atoms. The van der Waals surface area contributed by atoms with Gasteiger partial charge in [0.25, 0.3) is 5.91 Å². The first kappa shape index (κ1) is 22.2. The number of anilines is 1. The number of benzene rings is 2. The lowest BCUT2D eigenvalue weighted by atomic mass is 10.2. The van der Waals surface area contributed by atoms with Crippen LogP contribution in [0.4, 0.5) is 5.69 Å². The molecule has 0 radical (unpaired) electrons. The molecule has 32 heavy (non-hydrogen) atoms. The highest BCUT2D eigenvalue weighted by Crippen LogP contribution is 2.20. The smallest absolute Gasteiger partial charge is 0.255 e. The molecular formula is C22H25N5O4S. The molecule has 9 nitrogen and oxygen atoms in total. The average molecular weight is 456 g/mol. The number of amides is 1. The highest BCUT2D eigenvalue weighted by molar-refractivity contribution is 7.89. The van der Waals surface area contributed by atoms with Gasteiger partial charge < -0.3 is 15.0 Å². The number of carbonyl (C=O) groups excluding carboxylic acids is 1. The number of fused-ring (bicyclic) bond motifs is 1. The number of nitrogens with one attached hydrogen (secondary N) is 3. The van der Waals surface area contributed by atoms with Crippen molar-refractivity contribution >= 4 is 32.7 Å². The summed E-state index contributed by atoms with van der Waals surface area (Å²) in [6.07, 6.45) is 1.45. The van der Waals surface area contributed by atoms with Crippen LogP contribution in [0.15, 0.2) is 60.0 Å². The van der Waals surface area contributed by atoms with Crippen LogP contribution < -0.4 is 10.0 Å². The second-order valence-corrected chi connectivity index (χ2v) is 9.19. The van der Waals surface area contributed by atoms with E-state index in [1.165, 1.54) is 24.3 Å². The second-order valence-electron chi connectivity index (χ2n) is 7.43. The van der Waals surface area contributed by atoms with Gasteiger partial charge >= 0.3 is 0 Å². The van der Waals surface area contributed by atoms with Crippen LogP contribution in [-0.2, 0) is 21.3 Å². The fourth-order valence-corrected chi connectivity index (χ4v) is 4.49. The number of aromatic amines is 1. The van der Waals surface area contributed by atoms with E-state index < -0.39 is 15.9 Å². The summed E-state index contributed by atoms with van der Waals surface area (Å²) in [7, 11) is -3.72. The van der Waals surface area contributed by atoms with Gasteiger partial charge in [0, 0.05) is 30.9 Å². The summed E-state index contributed by atoms with van der Waals surface area (Å²) < 4.78 is 32.4. The topological polar surface area (TPSA) is 116 Å². The number of rotatable bonds is 8. The Balaban J connectivity index is 1.47. The fraction of sp³-hybridized carbons (Fsp3) is 0.273. The Morgan fingerprint density at radius 3 is 2.81 bits per heavy atom. The van der Waals surface area contributed by atoms with Gasteiger partial charge in [-0.05, 0) is 36.4 Å². The molecule has 2 heterocycles. The molecule has 0 atom stereocenters. The minimum absolute atomic E-state index is 0.0174. The summed E-state index contributed by atoms with van der Waals surface area (Å²) in [6, 6.07) is 11.3. The van der Waals surface area contributed by atoms with E-state index in [2.05, 4.69) is 31.5 Å². The standard InChI is InChI=1S/C22H25N5O4S/c1-2-8-23-32(29,30)18-5-3-4-16(13-18)22(28)24-17-6-7-19-20(14-17)26-21(25-19)15-27-9-11-31-12-10-27/h2-7,13-14,23H,1,8-12,15H2,(H,24,28)(H,25,26). The zero-order chi connectivity index (χ0) is 22.6. The van der Waals surface area contributed by atoms with Crippen molar-refractivity contribution in [1.29, 1.82) is 0 Å². The molecule has 1 saturated heterocycles. The summed E-state index contributed by atoms with van der Waals surface area (Å²) in [5, 5.41) is 2.82. The number of hydrogen-bond acceptors (Lipinski definition) is 6. The Bertz CT molecular complexity index is 1230. The van der Waals surface area contributed by atoms with Gasteiger partial charge in [0.1, 0.15) is 5.82 Å². The number of carbonyl (C=O) groups is 1. The largest absolute Gasteiger partial charge is 0.379 e. The minimum Gasteiger partial charge on any atom is -0.379 e. The van der Waals surface area contributed by atoms with Gasteiger partial charge in [-0.25, -0.2) is 18.1 Å². The highest BCUT2D eigenvalue weighted by Gasteiger charge is 2.16. The van der Waals surface area contributed by atoms with Gasteiger partial charge in [0.05, 0.1) is 35.7 Å². The van der Waals surface area contributed by atoms with Crippen molar-refractivity contribution in [2.24, 2.45) is 0 Å². The van der Waals surface area contributed by atoms with E-state index >= 15 is 0 Å². The van der Waals surface area contributed by atoms with Crippen molar-refractivity contribution in [3.8, 4) is 0 Å². The lowest BCUT2D eigenvalue weighted by Gasteiger charge is -2.25. The molecule has 0 saturated carbocycles. The lowest BCUT2D eigenvalue weighted by Crippen LogP contribution is -2.35. The summed E-state index contributed by atoms with van der Waals surface area (Å²) in [6.45, 7) is 7.51. The Labute approximate surface area is 186 Å². The van der Waals surface area contributed by atoms with Gasteiger partial charge in [-0.1, -0.05) is 12.1 Å². The first-order valence-electron chi connectivity index (χ1n) is 10.3. The predicted molar refractivity (Wildman–Crippen MR) is 122 cm³/mol. The van der Waals surface area contributed by atoms with Crippen molar-refractivity contribution in [1.82, 2.24) is 19.6 Å². The van der Waals surface area contributed by atoms with Gasteiger partial charge in [0.2, 0.25) is 10.0 Å². The van der Waals surface area contributed by atoms with Crippen molar-refractivity contribution in [3.05, 3.63) is 66.5 Å².